The van der Waals surface area contributed by atoms with Crippen LogP contribution >= 0.6 is 0 Å². The summed E-state index contributed by atoms with van der Waals surface area (Å²) < 4.78 is 6.54. The second-order valence-corrected chi connectivity index (χ2v) is 15.3. The highest BCUT2D eigenvalue weighted by molar-refractivity contribution is 6.08. The SMILES string of the molecule is c1ccc2c(c1)Oc1ccccc1C21c2ccccc2-c2cc(-c3ccc(N(c4ccc5ccccc5c4)c4ccc5c(ccc6ccccc65)c4)cc3)ccc21. The Morgan fingerprint density at radius 3 is 1.63 bits per heavy atom. The molecule has 0 bridgehead atoms. The molecule has 2 heteroatoms. The van der Waals surface area contributed by atoms with Crippen molar-refractivity contribution in [2.75, 3.05) is 4.90 Å². The minimum atomic E-state index is -0.466. The van der Waals surface area contributed by atoms with E-state index in [2.05, 4.69) is 217 Å². The maximum atomic E-state index is 6.54. The second-order valence-electron chi connectivity index (χ2n) is 15.3. The number of para-hydroxylation sites is 2. The van der Waals surface area contributed by atoms with E-state index >= 15 is 0 Å². The van der Waals surface area contributed by atoms with Crippen LogP contribution in [0.1, 0.15) is 22.3 Å². The first kappa shape index (κ1) is 31.9. The molecule has 0 radical (unpaired) electrons. The standard InChI is InChI=1S/C55H35NO/c1-2-13-39-33-43(29-25-36(39)11-1)56(44-30-31-46-41(34-44)22-21-38-12-3-4-14-45(38)46)42-27-23-37(24-28-42)40-26-32-50-48(35-40)47-15-5-6-16-49(47)55(50)51-17-7-9-19-53(51)57-54-20-10-8-18-52(54)55/h1-35H. The summed E-state index contributed by atoms with van der Waals surface area (Å²) in [6.07, 6.45) is 0. The Bertz CT molecular complexity index is 3190. The molecule has 57 heavy (non-hydrogen) atoms. The fraction of sp³-hybridized carbons (Fsp3) is 0.0182. The van der Waals surface area contributed by atoms with Gasteiger partial charge in [0.15, 0.2) is 0 Å². The molecule has 10 aromatic rings. The van der Waals surface area contributed by atoms with Gasteiger partial charge >= 0.3 is 0 Å². The van der Waals surface area contributed by atoms with Crippen LogP contribution in [0.25, 0.3) is 54.6 Å². The van der Waals surface area contributed by atoms with E-state index in [0.717, 1.165) is 28.6 Å². The van der Waals surface area contributed by atoms with Crippen LogP contribution in [0.2, 0.25) is 0 Å². The molecular weight excluding hydrogens is 691 g/mol. The molecule has 2 nitrogen and oxygen atoms in total. The third-order valence-electron chi connectivity index (χ3n) is 12.3. The number of nitrogens with zero attached hydrogens (tertiary/aromatic N) is 1. The normalized spacial score (nSPS) is 13.2. The number of fused-ring (bicyclic) bond motifs is 13. The fourth-order valence-electron chi connectivity index (χ4n) is 9.74. The van der Waals surface area contributed by atoms with Crippen molar-refractivity contribution < 1.29 is 4.74 Å². The highest BCUT2D eigenvalue weighted by atomic mass is 16.5. The molecule has 1 aliphatic carbocycles. The van der Waals surface area contributed by atoms with E-state index in [4.69, 9.17) is 4.74 Å². The Labute approximate surface area is 331 Å². The van der Waals surface area contributed by atoms with E-state index in [1.807, 2.05) is 0 Å². The van der Waals surface area contributed by atoms with Gasteiger partial charge in [-0.15, -0.1) is 0 Å². The van der Waals surface area contributed by atoms with Crippen LogP contribution < -0.4 is 9.64 Å². The summed E-state index contributed by atoms with van der Waals surface area (Å²) in [4.78, 5) is 2.38. The number of hydrogen-bond acceptors (Lipinski definition) is 2. The monoisotopic (exact) mass is 725 g/mol. The summed E-state index contributed by atoms with van der Waals surface area (Å²) in [5, 5.41) is 7.46. The third-order valence-corrected chi connectivity index (χ3v) is 12.3. The van der Waals surface area contributed by atoms with Crippen molar-refractivity contribution >= 4 is 49.4 Å². The lowest BCUT2D eigenvalue weighted by atomic mass is 9.66. The molecule has 10 aromatic carbocycles. The van der Waals surface area contributed by atoms with Crippen molar-refractivity contribution in [1.82, 2.24) is 0 Å². The predicted molar refractivity (Wildman–Crippen MR) is 236 cm³/mol. The Kier molecular flexibility index (Phi) is 6.88. The predicted octanol–water partition coefficient (Wildman–Crippen LogP) is 14.8. The smallest absolute Gasteiger partial charge is 0.132 e. The molecule has 1 aliphatic heterocycles. The Morgan fingerprint density at radius 1 is 0.316 bits per heavy atom. The largest absolute Gasteiger partial charge is 0.457 e. The average molecular weight is 726 g/mol. The molecule has 266 valence electrons. The minimum absolute atomic E-state index is 0.466. The van der Waals surface area contributed by atoms with Crippen molar-refractivity contribution in [2.24, 2.45) is 0 Å². The molecule has 0 aromatic heterocycles. The molecule has 12 rings (SSSR count). The summed E-state index contributed by atoms with van der Waals surface area (Å²) in [7, 11) is 0. The van der Waals surface area contributed by atoms with Gasteiger partial charge in [-0.1, -0.05) is 158 Å². The molecule has 0 N–H and O–H groups in total. The molecule has 0 saturated heterocycles. The lowest BCUT2D eigenvalue weighted by molar-refractivity contribution is 0.436. The van der Waals surface area contributed by atoms with E-state index in [0.29, 0.717) is 0 Å². The van der Waals surface area contributed by atoms with E-state index in [1.54, 1.807) is 0 Å². The average Bonchev–Trinajstić information content (AvgIpc) is 3.56. The van der Waals surface area contributed by atoms with Gasteiger partial charge in [0.2, 0.25) is 0 Å². The van der Waals surface area contributed by atoms with Crippen molar-refractivity contribution in [2.45, 2.75) is 5.41 Å². The molecule has 0 unspecified atom stereocenters. The van der Waals surface area contributed by atoms with Crippen LogP contribution in [0.5, 0.6) is 11.5 Å². The summed E-state index contributed by atoms with van der Waals surface area (Å²) in [6, 6.07) is 77.5. The van der Waals surface area contributed by atoms with E-state index in [1.165, 1.54) is 76.8 Å². The number of ether oxygens (including phenoxy) is 1. The first-order valence-electron chi connectivity index (χ1n) is 19.7. The molecule has 1 spiro atoms. The first-order chi connectivity index (χ1) is 28.2. The number of benzene rings is 10. The topological polar surface area (TPSA) is 12.5 Å². The molecule has 0 amide bonds. The summed E-state index contributed by atoms with van der Waals surface area (Å²) >= 11 is 0. The molecule has 2 aliphatic rings. The zero-order chi connectivity index (χ0) is 37.5. The van der Waals surface area contributed by atoms with Crippen LogP contribution in [0.3, 0.4) is 0 Å². The van der Waals surface area contributed by atoms with E-state index in [9.17, 15) is 0 Å². The van der Waals surface area contributed by atoms with Crippen LogP contribution in [-0.2, 0) is 5.41 Å². The van der Waals surface area contributed by atoms with Gasteiger partial charge in [-0.05, 0) is 120 Å². The first-order valence-corrected chi connectivity index (χ1v) is 19.7. The lowest BCUT2D eigenvalue weighted by Crippen LogP contribution is -2.32. The van der Waals surface area contributed by atoms with Crippen LogP contribution in [0.4, 0.5) is 17.1 Å². The summed E-state index contributed by atoms with van der Waals surface area (Å²) in [5.74, 6) is 1.82. The van der Waals surface area contributed by atoms with Gasteiger partial charge in [0.05, 0.1) is 5.41 Å². The minimum Gasteiger partial charge on any atom is -0.457 e. The number of hydrogen-bond donors (Lipinski definition) is 0. The van der Waals surface area contributed by atoms with Gasteiger partial charge in [0.25, 0.3) is 0 Å². The highest BCUT2D eigenvalue weighted by Gasteiger charge is 2.50. The quantitative estimate of drug-likeness (QED) is 0.168. The van der Waals surface area contributed by atoms with Gasteiger partial charge in [-0.2, -0.15) is 0 Å². The maximum absolute atomic E-state index is 6.54. The molecule has 1 heterocycles. The van der Waals surface area contributed by atoms with Gasteiger partial charge in [0, 0.05) is 28.2 Å². The lowest BCUT2D eigenvalue weighted by Gasteiger charge is -2.39. The van der Waals surface area contributed by atoms with E-state index < -0.39 is 5.41 Å². The Balaban J connectivity index is 0.989. The Hall–Kier alpha value is -7.42. The van der Waals surface area contributed by atoms with Gasteiger partial charge in [0.1, 0.15) is 11.5 Å². The van der Waals surface area contributed by atoms with Crippen molar-refractivity contribution in [1.29, 1.82) is 0 Å². The maximum Gasteiger partial charge on any atom is 0.132 e. The second kappa shape index (κ2) is 12.3. The Morgan fingerprint density at radius 2 is 0.842 bits per heavy atom. The zero-order valence-corrected chi connectivity index (χ0v) is 31.1. The van der Waals surface area contributed by atoms with Gasteiger partial charge in [-0.25, -0.2) is 0 Å². The van der Waals surface area contributed by atoms with Gasteiger partial charge < -0.3 is 9.64 Å². The number of rotatable bonds is 4. The van der Waals surface area contributed by atoms with Crippen molar-refractivity contribution in [3.8, 4) is 33.8 Å². The van der Waals surface area contributed by atoms with Crippen molar-refractivity contribution in [3.05, 3.63) is 235 Å². The molecule has 0 fully saturated rings. The zero-order valence-electron chi connectivity index (χ0n) is 31.1. The summed E-state index contributed by atoms with van der Waals surface area (Å²) in [6.45, 7) is 0. The van der Waals surface area contributed by atoms with Gasteiger partial charge in [-0.3, -0.25) is 0 Å². The molecular formula is C55H35NO. The fourth-order valence-corrected chi connectivity index (χ4v) is 9.74. The summed E-state index contributed by atoms with van der Waals surface area (Å²) in [5.41, 5.74) is 12.7. The van der Waals surface area contributed by atoms with Crippen LogP contribution in [-0.4, -0.2) is 0 Å². The highest BCUT2D eigenvalue weighted by Crippen LogP contribution is 2.62. The number of anilines is 3. The third kappa shape index (κ3) is 4.71. The molecule has 0 atom stereocenters. The van der Waals surface area contributed by atoms with Crippen LogP contribution in [0.15, 0.2) is 212 Å². The molecule has 0 saturated carbocycles. The van der Waals surface area contributed by atoms with Crippen molar-refractivity contribution in [3.63, 3.8) is 0 Å². The van der Waals surface area contributed by atoms with E-state index in [-0.39, 0.29) is 0 Å². The van der Waals surface area contributed by atoms with Crippen LogP contribution in [0, 0.1) is 0 Å².